The molecule has 7 nitrogen and oxygen atoms in total. The molecule has 0 aromatic rings. The molecule has 1 aliphatic rings. The summed E-state index contributed by atoms with van der Waals surface area (Å²) in [6, 6.07) is 0. The van der Waals surface area contributed by atoms with E-state index in [0.717, 1.165) is 25.7 Å². The van der Waals surface area contributed by atoms with E-state index >= 15 is 0 Å². The zero-order chi connectivity index (χ0) is 15.0. The normalized spacial score (nSPS) is 17.9. The van der Waals surface area contributed by atoms with Crippen molar-refractivity contribution in [3.8, 4) is 0 Å². The van der Waals surface area contributed by atoms with Crippen molar-refractivity contribution in [2.24, 2.45) is 4.76 Å². The lowest BCUT2D eigenvalue weighted by atomic mass is 10.4. The number of hydrogen-bond donors (Lipinski definition) is 1. The second-order valence-electron chi connectivity index (χ2n) is 4.67. The van der Waals surface area contributed by atoms with E-state index in [2.05, 4.69) is 10.1 Å². The number of hydrogen-bond acceptors (Lipinski definition) is 4. The van der Waals surface area contributed by atoms with Gasteiger partial charge in [-0.25, -0.2) is 4.57 Å². The highest BCUT2D eigenvalue weighted by atomic mass is 31.2. The van der Waals surface area contributed by atoms with E-state index in [1.165, 1.54) is 0 Å². The van der Waals surface area contributed by atoms with E-state index in [-0.39, 0.29) is 18.4 Å². The quantitative estimate of drug-likeness (QED) is 0.521. The maximum absolute atomic E-state index is 12.6. The monoisotopic (exact) mass is 305 g/mol. The highest BCUT2D eigenvalue weighted by molar-refractivity contribution is 7.52. The third kappa shape index (κ3) is 5.61. The van der Waals surface area contributed by atoms with Crippen molar-refractivity contribution >= 4 is 19.6 Å². The molecule has 1 heterocycles. The lowest BCUT2D eigenvalue weighted by Crippen LogP contribution is -2.27. The van der Waals surface area contributed by atoms with Crippen molar-refractivity contribution in [2.45, 2.75) is 39.5 Å². The topological polar surface area (TPSA) is 80.2 Å². The van der Waals surface area contributed by atoms with Crippen LogP contribution in [0.25, 0.3) is 0 Å². The number of likely N-dealkylation sites (N-methyl/N-ethyl adjacent to an activating group) is 1. The van der Waals surface area contributed by atoms with Crippen LogP contribution in [-0.4, -0.2) is 43.6 Å². The van der Waals surface area contributed by atoms with Gasteiger partial charge in [0.15, 0.2) is 0 Å². The molecule has 0 aromatic carbocycles. The Morgan fingerprint density at radius 2 is 1.80 bits per heavy atom. The average Bonchev–Trinajstić information content (AvgIpc) is 2.68. The molecule has 1 fully saturated rings. The Hall–Kier alpha value is -0.910. The number of nitrogens with one attached hydrogen (secondary N) is 1. The van der Waals surface area contributed by atoms with Gasteiger partial charge in [-0.05, 0) is 12.8 Å². The minimum atomic E-state index is -3.56. The Morgan fingerprint density at radius 3 is 2.20 bits per heavy atom. The van der Waals surface area contributed by atoms with Crippen LogP contribution < -0.4 is 5.32 Å². The lowest BCUT2D eigenvalue weighted by Gasteiger charge is -2.16. The second-order valence-corrected chi connectivity index (χ2v) is 6.32. The van der Waals surface area contributed by atoms with Crippen LogP contribution in [0.5, 0.6) is 0 Å². The van der Waals surface area contributed by atoms with Crippen molar-refractivity contribution in [1.29, 1.82) is 0 Å². The van der Waals surface area contributed by atoms with Crippen LogP contribution >= 0.6 is 7.75 Å². The maximum atomic E-state index is 12.6. The fraction of sp³-hybridized carbons (Fsp3) is 0.833. The summed E-state index contributed by atoms with van der Waals surface area (Å²) in [5.41, 5.74) is 0. The van der Waals surface area contributed by atoms with Crippen LogP contribution in [0.2, 0.25) is 0 Å². The number of carbonyl (C=O) groups is 1. The first-order valence-electron chi connectivity index (χ1n) is 7.01. The number of unbranched alkanes of at least 4 members (excludes halogenated alkanes) is 2. The van der Waals surface area contributed by atoms with Crippen LogP contribution in [0.15, 0.2) is 4.76 Å². The van der Waals surface area contributed by atoms with E-state index in [9.17, 15) is 9.36 Å². The van der Waals surface area contributed by atoms with Crippen LogP contribution in [0.3, 0.4) is 0 Å². The molecule has 0 spiro atoms. The van der Waals surface area contributed by atoms with Gasteiger partial charge in [-0.3, -0.25) is 19.2 Å². The molecule has 0 saturated carbocycles. The van der Waals surface area contributed by atoms with Gasteiger partial charge in [0.25, 0.3) is 0 Å². The lowest BCUT2D eigenvalue weighted by molar-refractivity contribution is -0.118. The van der Waals surface area contributed by atoms with Crippen molar-refractivity contribution in [3.05, 3.63) is 0 Å². The van der Waals surface area contributed by atoms with Crippen molar-refractivity contribution in [1.82, 2.24) is 10.2 Å². The largest absolute Gasteiger partial charge is 0.457 e. The molecule has 1 rings (SSSR count). The summed E-state index contributed by atoms with van der Waals surface area (Å²) in [7, 11) is -1.87. The Balaban J connectivity index is 2.72. The Kier molecular flexibility index (Phi) is 7.19. The van der Waals surface area contributed by atoms with Gasteiger partial charge in [0.1, 0.15) is 0 Å². The van der Waals surface area contributed by atoms with E-state index < -0.39 is 7.75 Å². The van der Waals surface area contributed by atoms with E-state index in [4.69, 9.17) is 9.05 Å². The summed E-state index contributed by atoms with van der Waals surface area (Å²) in [6.45, 7) is 4.89. The third-order valence-corrected chi connectivity index (χ3v) is 4.17. The minimum Gasteiger partial charge on any atom is -0.336 e. The summed E-state index contributed by atoms with van der Waals surface area (Å²) in [5.74, 6) is 0.0613. The molecule has 1 saturated heterocycles. The molecule has 1 amide bonds. The molecule has 1 N–H and O–H groups in total. The molecule has 0 bridgehead atoms. The van der Waals surface area contributed by atoms with E-state index in [0.29, 0.717) is 13.2 Å². The summed E-state index contributed by atoms with van der Waals surface area (Å²) in [4.78, 5) is 12.9. The Labute approximate surface area is 120 Å². The molecule has 8 heteroatoms. The summed E-state index contributed by atoms with van der Waals surface area (Å²) in [5, 5.41) is 2.54. The summed E-state index contributed by atoms with van der Waals surface area (Å²) >= 11 is 0. The zero-order valence-electron chi connectivity index (χ0n) is 12.4. The first-order chi connectivity index (χ1) is 9.50. The third-order valence-electron chi connectivity index (χ3n) is 2.72. The molecule has 0 aliphatic carbocycles. The predicted molar refractivity (Wildman–Crippen MR) is 77.5 cm³/mol. The number of guanidine groups is 1. The summed E-state index contributed by atoms with van der Waals surface area (Å²) < 4.78 is 27.2. The van der Waals surface area contributed by atoms with Crippen LogP contribution in [0, 0.1) is 0 Å². The van der Waals surface area contributed by atoms with Crippen molar-refractivity contribution in [2.75, 3.05) is 26.8 Å². The second kappa shape index (κ2) is 8.39. The van der Waals surface area contributed by atoms with Crippen LogP contribution in [0.4, 0.5) is 0 Å². The van der Waals surface area contributed by atoms with Gasteiger partial charge in [-0.1, -0.05) is 26.7 Å². The van der Waals surface area contributed by atoms with Crippen molar-refractivity contribution < 1.29 is 18.4 Å². The Bertz CT molecular complexity index is 386. The van der Waals surface area contributed by atoms with Gasteiger partial charge < -0.3 is 4.90 Å². The standard InChI is InChI=1S/C12H24N3O4P/c1-4-6-8-18-20(17,19-9-7-5-2)14-12-13-11(16)10-15(12)3/h4-10H2,1-3H3,(H,13,14,16,17). The highest BCUT2D eigenvalue weighted by Crippen LogP contribution is 2.50. The molecule has 20 heavy (non-hydrogen) atoms. The smallest absolute Gasteiger partial charge is 0.336 e. The molecule has 0 atom stereocenters. The Morgan fingerprint density at radius 1 is 1.25 bits per heavy atom. The number of carbonyl (C=O) groups excluding carboxylic acids is 1. The van der Waals surface area contributed by atoms with Gasteiger partial charge in [0.2, 0.25) is 11.9 Å². The zero-order valence-corrected chi connectivity index (χ0v) is 13.3. The van der Waals surface area contributed by atoms with Gasteiger partial charge in [0, 0.05) is 7.05 Å². The predicted octanol–water partition coefficient (Wildman–Crippen LogP) is 2.15. The van der Waals surface area contributed by atoms with Crippen molar-refractivity contribution in [3.63, 3.8) is 0 Å². The first-order valence-corrected chi connectivity index (χ1v) is 8.50. The van der Waals surface area contributed by atoms with Gasteiger partial charge >= 0.3 is 7.75 Å². The number of nitrogens with zero attached hydrogens (tertiary/aromatic N) is 2. The van der Waals surface area contributed by atoms with Crippen LogP contribution in [0.1, 0.15) is 39.5 Å². The van der Waals surface area contributed by atoms with Crippen LogP contribution in [-0.2, 0) is 18.4 Å². The molecule has 0 radical (unpaired) electrons. The molecule has 116 valence electrons. The average molecular weight is 305 g/mol. The minimum absolute atomic E-state index is 0.181. The van der Waals surface area contributed by atoms with E-state index in [1.54, 1.807) is 11.9 Å². The molecule has 1 aliphatic heterocycles. The number of amides is 1. The fourth-order valence-corrected chi connectivity index (χ4v) is 2.86. The van der Waals surface area contributed by atoms with Gasteiger partial charge in [-0.15, -0.1) is 4.76 Å². The molecular weight excluding hydrogens is 281 g/mol. The maximum Gasteiger partial charge on any atom is 0.457 e. The SMILES string of the molecule is CCCCOP(=O)(N=C1NC(=O)CN1C)OCCCC. The highest BCUT2D eigenvalue weighted by Gasteiger charge is 2.30. The molecule has 0 aromatic heterocycles. The summed E-state index contributed by atoms with van der Waals surface area (Å²) in [6.07, 6.45) is 3.44. The molecule has 0 unspecified atom stereocenters. The fourth-order valence-electron chi connectivity index (χ4n) is 1.51. The first kappa shape index (κ1) is 17.1. The van der Waals surface area contributed by atoms with Gasteiger partial charge in [-0.2, -0.15) is 0 Å². The molecular formula is C12H24N3O4P. The number of rotatable bonds is 9. The van der Waals surface area contributed by atoms with E-state index in [1.807, 2.05) is 13.8 Å². The van der Waals surface area contributed by atoms with Gasteiger partial charge in [0.05, 0.1) is 19.8 Å².